The molecule has 7 heteroatoms. The Bertz CT molecular complexity index is 731. The van der Waals surface area contributed by atoms with Gasteiger partial charge in [0.1, 0.15) is 0 Å². The highest BCUT2D eigenvalue weighted by molar-refractivity contribution is 5.96. The molecular weight excluding hydrogens is 356 g/mol. The molecule has 28 heavy (non-hydrogen) atoms. The smallest absolute Gasteiger partial charge is 0.253 e. The van der Waals surface area contributed by atoms with Gasteiger partial charge in [0.2, 0.25) is 11.8 Å². The summed E-state index contributed by atoms with van der Waals surface area (Å²) in [5.41, 5.74) is 1.37. The van der Waals surface area contributed by atoms with Crippen LogP contribution in [-0.4, -0.2) is 78.2 Å². The third-order valence-electron chi connectivity index (χ3n) is 5.82. The van der Waals surface area contributed by atoms with E-state index in [0.717, 1.165) is 57.5 Å². The third kappa shape index (κ3) is 4.52. The Morgan fingerprint density at radius 3 is 2.11 bits per heavy atom. The summed E-state index contributed by atoms with van der Waals surface area (Å²) in [7, 11) is 0. The second kappa shape index (κ2) is 8.31. The van der Waals surface area contributed by atoms with Gasteiger partial charge in [-0.25, -0.2) is 0 Å². The molecule has 3 aliphatic rings. The van der Waals surface area contributed by atoms with Gasteiger partial charge >= 0.3 is 0 Å². The van der Waals surface area contributed by atoms with Crippen molar-refractivity contribution in [3.8, 4) is 0 Å². The molecule has 1 aliphatic carbocycles. The fraction of sp³-hybridized carbons (Fsp3) is 0.571. The molecule has 1 N–H and O–H groups in total. The molecule has 0 spiro atoms. The van der Waals surface area contributed by atoms with E-state index in [-0.39, 0.29) is 23.6 Å². The van der Waals surface area contributed by atoms with E-state index in [1.807, 2.05) is 9.80 Å². The summed E-state index contributed by atoms with van der Waals surface area (Å²) >= 11 is 0. The maximum atomic E-state index is 12.7. The van der Waals surface area contributed by atoms with Crippen LogP contribution < -0.4 is 5.32 Å². The van der Waals surface area contributed by atoms with E-state index in [1.54, 1.807) is 24.3 Å². The molecule has 1 aromatic carbocycles. The average molecular weight is 384 g/mol. The van der Waals surface area contributed by atoms with Gasteiger partial charge in [0.15, 0.2) is 0 Å². The maximum absolute atomic E-state index is 12.7. The fourth-order valence-corrected chi connectivity index (χ4v) is 3.84. The van der Waals surface area contributed by atoms with E-state index in [0.29, 0.717) is 25.2 Å². The summed E-state index contributed by atoms with van der Waals surface area (Å²) in [6.07, 6.45) is 4.16. The van der Waals surface area contributed by atoms with Crippen LogP contribution in [0.3, 0.4) is 0 Å². The molecule has 2 heterocycles. The molecule has 7 nitrogen and oxygen atoms in total. The highest BCUT2D eigenvalue weighted by atomic mass is 16.2. The van der Waals surface area contributed by atoms with E-state index in [1.165, 1.54) is 0 Å². The van der Waals surface area contributed by atoms with Crippen LogP contribution in [0.25, 0.3) is 0 Å². The number of benzene rings is 1. The van der Waals surface area contributed by atoms with E-state index < -0.39 is 0 Å². The molecule has 1 aromatic rings. The quantitative estimate of drug-likeness (QED) is 0.833. The zero-order valence-electron chi connectivity index (χ0n) is 16.2. The van der Waals surface area contributed by atoms with Gasteiger partial charge in [0.25, 0.3) is 5.91 Å². The van der Waals surface area contributed by atoms with Crippen LogP contribution in [0, 0.1) is 5.92 Å². The zero-order valence-corrected chi connectivity index (χ0v) is 16.2. The Labute approximate surface area is 165 Å². The fourth-order valence-electron chi connectivity index (χ4n) is 3.84. The summed E-state index contributed by atoms with van der Waals surface area (Å²) in [5.74, 6) is 0.445. The lowest BCUT2D eigenvalue weighted by molar-refractivity contribution is -0.131. The Balaban J connectivity index is 1.25. The Hall–Kier alpha value is -2.41. The van der Waals surface area contributed by atoms with E-state index in [2.05, 4.69) is 10.2 Å². The van der Waals surface area contributed by atoms with Gasteiger partial charge in [0.05, 0.1) is 6.54 Å². The first-order chi connectivity index (χ1) is 13.6. The number of anilines is 1. The van der Waals surface area contributed by atoms with Gasteiger partial charge in [-0.05, 0) is 49.9 Å². The number of rotatable bonds is 5. The van der Waals surface area contributed by atoms with Gasteiger partial charge in [-0.2, -0.15) is 0 Å². The number of carbonyl (C=O) groups excluding carboxylic acids is 3. The van der Waals surface area contributed by atoms with Gasteiger partial charge in [0, 0.05) is 56.4 Å². The number of piperazine rings is 1. The lowest BCUT2D eigenvalue weighted by Crippen LogP contribution is -2.51. The van der Waals surface area contributed by atoms with Crippen LogP contribution in [-0.2, 0) is 9.59 Å². The minimum absolute atomic E-state index is 0.00517. The number of nitrogens with zero attached hydrogens (tertiary/aromatic N) is 3. The molecule has 0 bridgehead atoms. The largest absolute Gasteiger partial charge is 0.342 e. The minimum atomic E-state index is 0.00517. The first-order valence-electron chi connectivity index (χ1n) is 10.3. The number of carbonyl (C=O) groups is 3. The number of nitrogens with one attached hydrogen (secondary N) is 1. The predicted molar refractivity (Wildman–Crippen MR) is 106 cm³/mol. The molecule has 3 fully saturated rings. The average Bonchev–Trinajstić information content (AvgIpc) is 3.43. The monoisotopic (exact) mass is 384 g/mol. The standard InChI is InChI=1S/C21H28N4O3/c26-19(24-9-1-2-10-24)15-23-11-13-25(14-12-23)21(28)17-5-7-18(8-6-17)22-20(27)16-3-4-16/h5-8,16H,1-4,9-15H2,(H,22,27). The summed E-state index contributed by atoms with van der Waals surface area (Å²) in [4.78, 5) is 42.8. The van der Waals surface area contributed by atoms with E-state index in [9.17, 15) is 14.4 Å². The molecule has 0 unspecified atom stereocenters. The first-order valence-corrected chi connectivity index (χ1v) is 10.3. The molecule has 150 valence electrons. The van der Waals surface area contributed by atoms with Crippen LogP contribution in [0.5, 0.6) is 0 Å². The van der Waals surface area contributed by atoms with Crippen LogP contribution in [0.4, 0.5) is 5.69 Å². The molecule has 2 aliphatic heterocycles. The van der Waals surface area contributed by atoms with E-state index in [4.69, 9.17) is 0 Å². The summed E-state index contributed by atoms with van der Waals surface area (Å²) < 4.78 is 0. The normalized spacial score (nSPS) is 20.3. The molecule has 3 amide bonds. The van der Waals surface area contributed by atoms with Gasteiger partial charge in [-0.1, -0.05) is 0 Å². The molecule has 1 saturated carbocycles. The molecule has 0 aromatic heterocycles. The highest BCUT2D eigenvalue weighted by Crippen LogP contribution is 2.30. The number of amides is 3. The molecule has 0 atom stereocenters. The lowest BCUT2D eigenvalue weighted by atomic mass is 10.1. The van der Waals surface area contributed by atoms with Crippen molar-refractivity contribution >= 4 is 23.4 Å². The minimum Gasteiger partial charge on any atom is -0.342 e. The van der Waals surface area contributed by atoms with Crippen LogP contribution >= 0.6 is 0 Å². The third-order valence-corrected chi connectivity index (χ3v) is 5.82. The van der Waals surface area contributed by atoms with Crippen molar-refractivity contribution in [2.45, 2.75) is 25.7 Å². The van der Waals surface area contributed by atoms with Crippen molar-refractivity contribution in [2.24, 2.45) is 5.92 Å². The zero-order chi connectivity index (χ0) is 19.5. The predicted octanol–water partition coefficient (Wildman–Crippen LogP) is 1.42. The number of hydrogen-bond acceptors (Lipinski definition) is 4. The van der Waals surface area contributed by atoms with Gasteiger partial charge < -0.3 is 15.1 Å². The Morgan fingerprint density at radius 1 is 0.857 bits per heavy atom. The van der Waals surface area contributed by atoms with Crippen molar-refractivity contribution < 1.29 is 14.4 Å². The van der Waals surface area contributed by atoms with Gasteiger partial charge in [-0.15, -0.1) is 0 Å². The summed E-state index contributed by atoms with van der Waals surface area (Å²) in [6, 6.07) is 7.12. The number of hydrogen-bond donors (Lipinski definition) is 1. The SMILES string of the molecule is O=C(Nc1ccc(C(=O)N2CCN(CC(=O)N3CCCC3)CC2)cc1)C1CC1. The summed E-state index contributed by atoms with van der Waals surface area (Å²) in [5, 5.41) is 2.89. The van der Waals surface area contributed by atoms with E-state index >= 15 is 0 Å². The highest BCUT2D eigenvalue weighted by Gasteiger charge is 2.29. The molecule has 4 rings (SSSR count). The topological polar surface area (TPSA) is 73.0 Å². The molecule has 0 radical (unpaired) electrons. The van der Waals surface area contributed by atoms with Crippen molar-refractivity contribution in [1.29, 1.82) is 0 Å². The molecular formula is C21H28N4O3. The summed E-state index contributed by atoms with van der Waals surface area (Å²) in [6.45, 7) is 4.93. The second-order valence-electron chi connectivity index (χ2n) is 8.00. The van der Waals surface area contributed by atoms with Crippen molar-refractivity contribution in [1.82, 2.24) is 14.7 Å². The lowest BCUT2D eigenvalue weighted by Gasteiger charge is -2.35. The maximum Gasteiger partial charge on any atom is 0.253 e. The van der Waals surface area contributed by atoms with Gasteiger partial charge in [-0.3, -0.25) is 19.3 Å². The van der Waals surface area contributed by atoms with Crippen LogP contribution in [0.1, 0.15) is 36.0 Å². The Kier molecular flexibility index (Phi) is 5.62. The van der Waals surface area contributed by atoms with Crippen LogP contribution in [0.15, 0.2) is 24.3 Å². The Morgan fingerprint density at radius 2 is 1.50 bits per heavy atom. The van der Waals surface area contributed by atoms with Crippen LogP contribution in [0.2, 0.25) is 0 Å². The number of likely N-dealkylation sites (tertiary alicyclic amines) is 1. The molecule has 2 saturated heterocycles. The first kappa shape index (κ1) is 18.9. The van der Waals surface area contributed by atoms with Crippen molar-refractivity contribution in [3.63, 3.8) is 0 Å². The second-order valence-corrected chi connectivity index (χ2v) is 8.00. The van der Waals surface area contributed by atoms with Crippen molar-refractivity contribution in [2.75, 3.05) is 51.1 Å². The van der Waals surface area contributed by atoms with Crippen molar-refractivity contribution in [3.05, 3.63) is 29.8 Å².